The highest BCUT2D eigenvalue weighted by Crippen LogP contribution is 2.04. The first-order valence-corrected chi connectivity index (χ1v) is 7.05. The summed E-state index contributed by atoms with van der Waals surface area (Å²) in [5, 5.41) is 8.58. The third-order valence-corrected chi connectivity index (χ3v) is 4.06. The summed E-state index contributed by atoms with van der Waals surface area (Å²) in [5.74, 6) is -0.365. The van der Waals surface area contributed by atoms with Gasteiger partial charge in [-0.15, -0.1) is 5.10 Å². The molecule has 4 N–H and O–H groups in total. The topological polar surface area (TPSA) is 133 Å². The summed E-state index contributed by atoms with van der Waals surface area (Å²) in [6.45, 7) is 0.401. The van der Waals surface area contributed by atoms with E-state index < -0.39 is 10.0 Å². The number of rotatable bonds is 4. The Hall–Kier alpha value is -1.10. The van der Waals surface area contributed by atoms with Gasteiger partial charge in [-0.1, -0.05) is 11.3 Å². The third kappa shape index (κ3) is 4.00. The van der Waals surface area contributed by atoms with Crippen molar-refractivity contribution < 1.29 is 13.2 Å². The Balaban J connectivity index is 3.03. The molecule has 0 radical (unpaired) electrons. The van der Waals surface area contributed by atoms with Gasteiger partial charge in [0, 0.05) is 13.5 Å². The van der Waals surface area contributed by atoms with Gasteiger partial charge < -0.3 is 5.73 Å². The Morgan fingerprint density at radius 1 is 1.59 bits per heavy atom. The molecule has 0 fully saturated rings. The average molecular weight is 279 g/mol. The molecule has 0 aromatic carbocycles. The average Bonchev–Trinajstić information content (AvgIpc) is 2.57. The van der Waals surface area contributed by atoms with E-state index in [2.05, 4.69) is 10.1 Å². The van der Waals surface area contributed by atoms with Crippen molar-refractivity contribution in [3.63, 3.8) is 0 Å². The number of nitrogens with zero attached hydrogens (tertiary/aromatic N) is 3. The number of hydrogen-bond donors (Lipinski definition) is 2. The standard InChI is InChI=1S/C7H13N5O3S2/c1-12-6(10-5(13)3-2-4-8)16-7(11-12)17(9,14)15/h2-4,8H2,1H3,(H2,9,14,15). The summed E-state index contributed by atoms with van der Waals surface area (Å²) in [4.78, 5) is 15.3. The molecule has 17 heavy (non-hydrogen) atoms. The van der Waals surface area contributed by atoms with E-state index >= 15 is 0 Å². The molecule has 0 aliphatic carbocycles. The molecule has 0 aliphatic rings. The molecule has 0 atom stereocenters. The van der Waals surface area contributed by atoms with Crippen LogP contribution in [0, 0.1) is 0 Å². The van der Waals surface area contributed by atoms with E-state index in [1.165, 1.54) is 11.7 Å². The number of aromatic nitrogens is 2. The molecule has 0 unspecified atom stereocenters. The van der Waals surface area contributed by atoms with Crippen molar-refractivity contribution in [2.75, 3.05) is 6.54 Å². The summed E-state index contributed by atoms with van der Waals surface area (Å²) in [6, 6.07) is 0. The van der Waals surface area contributed by atoms with E-state index in [-0.39, 0.29) is 21.5 Å². The molecule has 1 aromatic rings. The fraction of sp³-hybridized carbons (Fsp3) is 0.571. The number of hydrogen-bond acceptors (Lipinski definition) is 6. The molecule has 1 amide bonds. The van der Waals surface area contributed by atoms with Crippen molar-refractivity contribution in [1.29, 1.82) is 0 Å². The van der Waals surface area contributed by atoms with Gasteiger partial charge in [0.1, 0.15) is 0 Å². The number of primary sulfonamides is 1. The number of carbonyl (C=O) groups is 1. The highest BCUT2D eigenvalue weighted by molar-refractivity contribution is 7.91. The summed E-state index contributed by atoms with van der Waals surface area (Å²) in [7, 11) is -2.38. The second-order valence-electron chi connectivity index (χ2n) is 3.22. The number of carbonyl (C=O) groups excluding carboxylic acids is 1. The molecule has 0 spiro atoms. The Labute approximate surface area is 102 Å². The van der Waals surface area contributed by atoms with Crippen molar-refractivity contribution in [3.8, 4) is 0 Å². The molecule has 1 heterocycles. The molecule has 0 aliphatic heterocycles. The zero-order valence-electron chi connectivity index (χ0n) is 9.16. The minimum atomic E-state index is -3.86. The molecule has 0 saturated carbocycles. The molecular formula is C7H13N5O3S2. The fourth-order valence-corrected chi connectivity index (χ4v) is 2.52. The summed E-state index contributed by atoms with van der Waals surface area (Å²) in [6.07, 6.45) is 0.756. The van der Waals surface area contributed by atoms with Crippen molar-refractivity contribution in [2.24, 2.45) is 22.9 Å². The first-order valence-electron chi connectivity index (χ1n) is 4.69. The van der Waals surface area contributed by atoms with Crippen molar-refractivity contribution in [3.05, 3.63) is 4.80 Å². The smallest absolute Gasteiger partial charge is 0.267 e. The quantitative estimate of drug-likeness (QED) is 0.677. The van der Waals surface area contributed by atoms with E-state index in [9.17, 15) is 13.2 Å². The van der Waals surface area contributed by atoms with Crippen molar-refractivity contribution in [1.82, 2.24) is 9.78 Å². The maximum Gasteiger partial charge on any atom is 0.267 e. The van der Waals surface area contributed by atoms with Crippen LogP contribution in [-0.4, -0.2) is 30.7 Å². The van der Waals surface area contributed by atoms with E-state index in [1.807, 2.05) is 0 Å². The first-order chi connectivity index (χ1) is 7.84. The van der Waals surface area contributed by atoms with E-state index in [0.29, 0.717) is 13.0 Å². The monoisotopic (exact) mass is 279 g/mol. The van der Waals surface area contributed by atoms with Crippen LogP contribution in [-0.2, 0) is 21.9 Å². The van der Waals surface area contributed by atoms with Gasteiger partial charge in [0.2, 0.25) is 15.0 Å². The Morgan fingerprint density at radius 3 is 2.71 bits per heavy atom. The molecule has 8 nitrogen and oxygen atoms in total. The van der Waals surface area contributed by atoms with Crippen LogP contribution >= 0.6 is 11.3 Å². The molecule has 0 bridgehead atoms. The zero-order chi connectivity index (χ0) is 13.1. The van der Waals surface area contributed by atoms with E-state index in [1.54, 1.807) is 0 Å². The van der Waals surface area contributed by atoms with Crippen LogP contribution in [0.5, 0.6) is 0 Å². The molecular weight excluding hydrogens is 266 g/mol. The molecule has 0 saturated heterocycles. The predicted octanol–water partition coefficient (Wildman–Crippen LogP) is -1.70. The highest BCUT2D eigenvalue weighted by Gasteiger charge is 2.14. The maximum atomic E-state index is 11.3. The lowest BCUT2D eigenvalue weighted by Crippen LogP contribution is -2.15. The SMILES string of the molecule is Cn1nc(S(N)(=O)=O)sc1=NC(=O)CCCN. The number of sulfonamides is 1. The second kappa shape index (κ2) is 5.49. The van der Waals surface area contributed by atoms with Crippen LogP contribution in [0.25, 0.3) is 0 Å². The second-order valence-corrected chi connectivity index (χ2v) is 5.91. The first kappa shape index (κ1) is 14.0. The van der Waals surface area contributed by atoms with Gasteiger partial charge in [-0.05, 0) is 13.0 Å². The molecule has 1 rings (SSSR count). The van der Waals surface area contributed by atoms with Crippen LogP contribution in [0.4, 0.5) is 0 Å². The van der Waals surface area contributed by atoms with Gasteiger partial charge in [0.25, 0.3) is 10.0 Å². The number of aryl methyl sites for hydroxylation is 1. The summed E-state index contributed by atoms with van der Waals surface area (Å²) in [5.41, 5.74) is 5.26. The normalized spacial score (nSPS) is 13.0. The van der Waals surface area contributed by atoms with E-state index in [4.69, 9.17) is 10.9 Å². The minimum absolute atomic E-state index is 0.191. The lowest BCUT2D eigenvalue weighted by atomic mass is 10.3. The van der Waals surface area contributed by atoms with Crippen LogP contribution in [0.2, 0.25) is 0 Å². The van der Waals surface area contributed by atoms with Crippen molar-refractivity contribution >= 4 is 27.3 Å². The number of amides is 1. The van der Waals surface area contributed by atoms with Crippen LogP contribution in [0.15, 0.2) is 9.33 Å². The number of nitrogens with two attached hydrogens (primary N) is 2. The Kier molecular flexibility index (Phi) is 4.51. The summed E-state index contributed by atoms with van der Waals surface area (Å²) >= 11 is 0.748. The predicted molar refractivity (Wildman–Crippen MR) is 61.3 cm³/mol. The minimum Gasteiger partial charge on any atom is -0.330 e. The molecule has 10 heteroatoms. The molecule has 1 aromatic heterocycles. The Bertz CT molecular complexity index is 571. The Morgan fingerprint density at radius 2 is 2.24 bits per heavy atom. The summed E-state index contributed by atoms with van der Waals surface area (Å²) < 4.78 is 23.0. The van der Waals surface area contributed by atoms with Gasteiger partial charge >= 0.3 is 0 Å². The van der Waals surface area contributed by atoms with Gasteiger partial charge in [0.05, 0.1) is 0 Å². The van der Waals surface area contributed by atoms with Crippen LogP contribution < -0.4 is 15.7 Å². The molecule has 96 valence electrons. The van der Waals surface area contributed by atoms with Gasteiger partial charge in [-0.2, -0.15) is 4.99 Å². The lowest BCUT2D eigenvalue weighted by molar-refractivity contribution is -0.118. The van der Waals surface area contributed by atoms with Gasteiger partial charge in [-0.3, -0.25) is 4.79 Å². The van der Waals surface area contributed by atoms with Gasteiger partial charge in [-0.25, -0.2) is 18.2 Å². The largest absolute Gasteiger partial charge is 0.330 e. The van der Waals surface area contributed by atoms with Crippen LogP contribution in [0.3, 0.4) is 0 Å². The maximum absolute atomic E-state index is 11.3. The van der Waals surface area contributed by atoms with E-state index in [0.717, 1.165) is 11.3 Å². The fourth-order valence-electron chi connectivity index (χ4n) is 0.956. The van der Waals surface area contributed by atoms with Gasteiger partial charge in [0.15, 0.2) is 0 Å². The van der Waals surface area contributed by atoms with Crippen molar-refractivity contribution in [2.45, 2.75) is 17.2 Å². The zero-order valence-corrected chi connectivity index (χ0v) is 10.8. The lowest BCUT2D eigenvalue weighted by Gasteiger charge is -1.91. The van der Waals surface area contributed by atoms with Crippen LogP contribution in [0.1, 0.15) is 12.8 Å². The highest BCUT2D eigenvalue weighted by atomic mass is 32.2. The third-order valence-electron chi connectivity index (χ3n) is 1.75.